The van der Waals surface area contributed by atoms with Crippen LogP contribution in [0.15, 0.2) is 217 Å². The zero-order valence-electron chi connectivity index (χ0n) is 33.9. The van der Waals surface area contributed by atoms with Crippen molar-refractivity contribution in [3.63, 3.8) is 0 Å². The van der Waals surface area contributed by atoms with Crippen molar-refractivity contribution in [2.45, 2.75) is 0 Å². The third kappa shape index (κ3) is 5.62. The van der Waals surface area contributed by atoms with Crippen LogP contribution in [-0.2, 0) is 0 Å². The summed E-state index contributed by atoms with van der Waals surface area (Å²) in [6.07, 6.45) is 0. The number of aromatic nitrogens is 5. The molecule has 0 unspecified atom stereocenters. The lowest BCUT2D eigenvalue weighted by atomic mass is 10.0. The second-order valence-electron chi connectivity index (χ2n) is 16.0. The molecule has 9 aromatic carbocycles. The largest absolute Gasteiger partial charge is 0.454 e. The van der Waals surface area contributed by atoms with Crippen molar-refractivity contribution in [3.8, 4) is 56.7 Å². The van der Waals surface area contributed by atoms with Crippen LogP contribution in [0.4, 0.5) is 0 Å². The van der Waals surface area contributed by atoms with Gasteiger partial charge in [-0.2, -0.15) is 0 Å². The summed E-state index contributed by atoms with van der Waals surface area (Å²) >= 11 is 0. The molecule has 0 aliphatic heterocycles. The molecule has 0 aliphatic carbocycles. The Morgan fingerprint density at radius 3 is 1.60 bits per heavy atom. The van der Waals surface area contributed by atoms with E-state index < -0.39 is 0 Å². The van der Waals surface area contributed by atoms with Crippen LogP contribution < -0.4 is 0 Å². The summed E-state index contributed by atoms with van der Waals surface area (Å²) in [4.78, 5) is 15.2. The molecule has 6 heteroatoms. The Morgan fingerprint density at radius 1 is 0.302 bits per heavy atom. The second kappa shape index (κ2) is 14.0. The number of hydrogen-bond donors (Lipinski definition) is 0. The molecule has 13 aromatic rings. The maximum Gasteiger partial charge on any atom is 0.164 e. The molecular weight excluding hydrogens is 771 g/mol. The molecule has 0 radical (unpaired) electrons. The Hall–Kier alpha value is -8.61. The molecule has 0 aliphatic rings. The number of benzene rings is 9. The first-order valence-corrected chi connectivity index (χ1v) is 21.2. The van der Waals surface area contributed by atoms with Gasteiger partial charge in [-0.1, -0.05) is 158 Å². The predicted octanol–water partition coefficient (Wildman–Crippen LogP) is 14.6. The fourth-order valence-electron chi connectivity index (χ4n) is 9.46. The number of nitrogens with zero attached hydrogens (tertiary/aromatic N) is 5. The van der Waals surface area contributed by atoms with Crippen LogP contribution in [-0.4, -0.2) is 24.1 Å². The van der Waals surface area contributed by atoms with Crippen LogP contribution in [0.3, 0.4) is 0 Å². The van der Waals surface area contributed by atoms with Crippen LogP contribution in [0.25, 0.3) is 122 Å². The molecule has 0 N–H and O–H groups in total. The van der Waals surface area contributed by atoms with Crippen LogP contribution in [0.2, 0.25) is 0 Å². The van der Waals surface area contributed by atoms with Crippen LogP contribution in [0.1, 0.15) is 0 Å². The molecule has 4 heterocycles. The summed E-state index contributed by atoms with van der Waals surface area (Å²) in [6.45, 7) is 0. The Kier molecular flexibility index (Phi) is 7.80. The van der Waals surface area contributed by atoms with E-state index in [4.69, 9.17) is 19.4 Å². The van der Waals surface area contributed by atoms with E-state index in [1.165, 1.54) is 21.9 Å². The van der Waals surface area contributed by atoms with E-state index in [0.717, 1.165) is 82.8 Å². The number of para-hydroxylation sites is 2. The van der Waals surface area contributed by atoms with Crippen molar-refractivity contribution < 1.29 is 4.42 Å². The van der Waals surface area contributed by atoms with Crippen molar-refractivity contribution in [1.29, 1.82) is 0 Å². The minimum Gasteiger partial charge on any atom is -0.454 e. The summed E-state index contributed by atoms with van der Waals surface area (Å²) in [5.41, 5.74) is 13.2. The fraction of sp³-hybridized carbons (Fsp3) is 0. The molecule has 0 spiro atoms. The van der Waals surface area contributed by atoms with Crippen molar-refractivity contribution in [2.75, 3.05) is 0 Å². The van der Waals surface area contributed by atoms with Gasteiger partial charge in [0.1, 0.15) is 5.58 Å². The maximum absolute atomic E-state index is 6.81. The highest BCUT2D eigenvalue weighted by Gasteiger charge is 2.22. The maximum atomic E-state index is 6.81. The van der Waals surface area contributed by atoms with Crippen LogP contribution >= 0.6 is 0 Å². The van der Waals surface area contributed by atoms with Crippen LogP contribution in [0.5, 0.6) is 0 Å². The van der Waals surface area contributed by atoms with Gasteiger partial charge in [0, 0.05) is 60.4 Å². The van der Waals surface area contributed by atoms with Crippen molar-refractivity contribution in [3.05, 3.63) is 212 Å². The minimum atomic E-state index is 0.597. The smallest absolute Gasteiger partial charge is 0.164 e. The third-order valence-corrected chi connectivity index (χ3v) is 12.4. The second-order valence-corrected chi connectivity index (χ2v) is 16.0. The molecular formula is C57H35N5O. The van der Waals surface area contributed by atoms with Gasteiger partial charge in [-0.15, -0.1) is 0 Å². The predicted molar refractivity (Wildman–Crippen MR) is 258 cm³/mol. The number of furan rings is 1. The van der Waals surface area contributed by atoms with E-state index in [9.17, 15) is 0 Å². The summed E-state index contributed by atoms with van der Waals surface area (Å²) in [5.74, 6) is 1.84. The molecule has 13 rings (SSSR count). The van der Waals surface area contributed by atoms with E-state index in [2.05, 4.69) is 149 Å². The minimum absolute atomic E-state index is 0.597. The van der Waals surface area contributed by atoms with Gasteiger partial charge in [-0.05, 0) is 65.7 Å². The molecule has 0 bridgehead atoms. The highest BCUT2D eigenvalue weighted by atomic mass is 16.3. The molecule has 0 saturated heterocycles. The zero-order valence-corrected chi connectivity index (χ0v) is 33.9. The molecule has 0 saturated carbocycles. The number of fused-ring (bicyclic) bond motifs is 10. The van der Waals surface area contributed by atoms with Gasteiger partial charge in [0.15, 0.2) is 23.1 Å². The number of rotatable bonds is 6. The summed E-state index contributed by atoms with van der Waals surface area (Å²) in [5, 5.41) is 6.84. The van der Waals surface area contributed by atoms with Gasteiger partial charge in [0.2, 0.25) is 0 Å². The lowest BCUT2D eigenvalue weighted by molar-refractivity contribution is 0.671. The van der Waals surface area contributed by atoms with Gasteiger partial charge in [0.05, 0.1) is 22.1 Å². The van der Waals surface area contributed by atoms with Gasteiger partial charge < -0.3 is 13.6 Å². The SMILES string of the molecule is c1ccc(-c2ccc3c(c2)c2ccccc2n3-c2ccc3c4ccc5c6ccccc6oc5c4n(-c4cccc(-c5nc(-c6ccccc6)nc(-c6ccccc6)n5)c4)c3c2)cc1. The summed E-state index contributed by atoms with van der Waals surface area (Å²) in [7, 11) is 0. The van der Waals surface area contributed by atoms with Gasteiger partial charge in [-0.25, -0.2) is 15.0 Å². The monoisotopic (exact) mass is 805 g/mol. The van der Waals surface area contributed by atoms with Gasteiger partial charge in [0.25, 0.3) is 0 Å². The first-order valence-electron chi connectivity index (χ1n) is 21.2. The topological polar surface area (TPSA) is 61.7 Å². The van der Waals surface area contributed by atoms with E-state index >= 15 is 0 Å². The van der Waals surface area contributed by atoms with Crippen molar-refractivity contribution in [2.24, 2.45) is 0 Å². The molecule has 0 fully saturated rings. The standard InChI is InChI=1S/C57H35N5O/c1-4-15-36(16-5-1)39-27-32-50-48(34-39)43-23-10-12-25-49(43)61(50)42-28-29-44-46-30-31-47-45-24-11-13-26-52(45)63-54(47)53(46)62(51(44)35-42)41-22-14-21-40(33-41)57-59-55(37-17-6-2-7-18-37)58-56(60-57)38-19-8-3-9-20-38/h1-35H. The van der Waals surface area contributed by atoms with Gasteiger partial charge >= 0.3 is 0 Å². The number of hydrogen-bond acceptors (Lipinski definition) is 4. The lowest BCUT2D eigenvalue weighted by Crippen LogP contribution is -2.01. The van der Waals surface area contributed by atoms with E-state index in [-0.39, 0.29) is 0 Å². The average Bonchev–Trinajstić information content (AvgIpc) is 4.02. The summed E-state index contributed by atoms with van der Waals surface area (Å²) in [6, 6.07) is 74.5. The van der Waals surface area contributed by atoms with Gasteiger partial charge in [-0.3, -0.25) is 0 Å². The highest BCUT2D eigenvalue weighted by Crippen LogP contribution is 2.42. The lowest BCUT2D eigenvalue weighted by Gasteiger charge is -2.13. The Morgan fingerprint density at radius 2 is 0.857 bits per heavy atom. The Balaban J connectivity index is 1.07. The Labute approximate surface area is 361 Å². The first-order chi connectivity index (χ1) is 31.2. The Bertz CT molecular complexity index is 3850. The zero-order chi connectivity index (χ0) is 41.4. The average molecular weight is 806 g/mol. The van der Waals surface area contributed by atoms with E-state index in [1.54, 1.807) is 0 Å². The van der Waals surface area contributed by atoms with Crippen molar-refractivity contribution >= 4 is 65.6 Å². The quantitative estimate of drug-likeness (QED) is 0.168. The van der Waals surface area contributed by atoms with E-state index in [1.807, 2.05) is 72.8 Å². The van der Waals surface area contributed by atoms with Crippen molar-refractivity contribution in [1.82, 2.24) is 24.1 Å². The highest BCUT2D eigenvalue weighted by molar-refractivity contribution is 6.22. The van der Waals surface area contributed by atoms with Crippen LogP contribution in [0, 0.1) is 0 Å². The van der Waals surface area contributed by atoms with E-state index in [0.29, 0.717) is 17.5 Å². The normalized spacial score (nSPS) is 11.8. The molecule has 294 valence electrons. The molecule has 63 heavy (non-hydrogen) atoms. The third-order valence-electron chi connectivity index (χ3n) is 12.4. The molecule has 4 aromatic heterocycles. The first kappa shape index (κ1) is 35.2. The fourth-order valence-corrected chi connectivity index (χ4v) is 9.46. The molecule has 6 nitrogen and oxygen atoms in total. The summed E-state index contributed by atoms with van der Waals surface area (Å²) < 4.78 is 11.6. The molecule has 0 amide bonds. The molecule has 0 atom stereocenters.